The lowest BCUT2D eigenvalue weighted by Gasteiger charge is -2.36. The van der Waals surface area contributed by atoms with E-state index in [1.54, 1.807) is 0 Å². The number of rotatable bonds is 11. The second-order valence-electron chi connectivity index (χ2n) is 19.2. The average Bonchev–Trinajstić information content (AvgIpc) is 3.94. The molecule has 4 amide bonds. The van der Waals surface area contributed by atoms with Crippen LogP contribution in [-0.2, 0) is 28.5 Å². The average molecular weight is 896 g/mol. The van der Waals surface area contributed by atoms with Gasteiger partial charge in [0.15, 0.2) is 0 Å². The molecule has 6 heterocycles. The van der Waals surface area contributed by atoms with Crippen LogP contribution in [0.4, 0.5) is 9.59 Å². The summed E-state index contributed by atoms with van der Waals surface area (Å²) in [6, 6.07) is 20.1. The predicted octanol–water partition coefficient (Wildman–Crippen LogP) is 7.04. The molecule has 344 valence electrons. The van der Waals surface area contributed by atoms with Crippen LogP contribution in [-0.4, -0.2) is 120 Å². The summed E-state index contributed by atoms with van der Waals surface area (Å²) in [7, 11) is 2.66. The maximum absolute atomic E-state index is 14.4. The second-order valence-corrected chi connectivity index (χ2v) is 19.2. The van der Waals surface area contributed by atoms with Crippen molar-refractivity contribution in [3.63, 3.8) is 0 Å². The number of allylic oxidation sites excluding steroid dienone is 1. The maximum Gasteiger partial charge on any atom is 0.407 e. The molecule has 4 saturated heterocycles. The van der Waals surface area contributed by atoms with E-state index >= 15 is 0 Å². The van der Waals surface area contributed by atoms with Crippen molar-refractivity contribution >= 4 is 46.1 Å². The summed E-state index contributed by atoms with van der Waals surface area (Å²) in [6.45, 7) is 2.27. The number of piperidine rings is 2. The van der Waals surface area contributed by atoms with Crippen LogP contribution in [0.2, 0.25) is 0 Å². The summed E-state index contributed by atoms with van der Waals surface area (Å²) in [4.78, 5) is 71.1. The number of fused-ring (bicyclic) bond motifs is 3. The van der Waals surface area contributed by atoms with Gasteiger partial charge in [-0.1, -0.05) is 60.7 Å². The van der Waals surface area contributed by atoms with E-state index < -0.39 is 24.3 Å². The summed E-state index contributed by atoms with van der Waals surface area (Å²) in [5, 5.41) is 7.96. The van der Waals surface area contributed by atoms with Gasteiger partial charge in [0.05, 0.1) is 38.2 Å². The molecule has 15 nitrogen and oxygen atoms in total. The first-order valence-electron chi connectivity index (χ1n) is 23.7. The molecule has 1 aromatic heterocycles. The second kappa shape index (κ2) is 17.6. The molecule has 7 aliphatic rings. The number of nitrogens with zero attached hydrogens (tertiary/aromatic N) is 4. The van der Waals surface area contributed by atoms with Crippen LogP contribution in [0, 0.1) is 23.7 Å². The minimum Gasteiger partial charge on any atom is -0.453 e. The zero-order valence-corrected chi connectivity index (χ0v) is 37.4. The van der Waals surface area contributed by atoms with Gasteiger partial charge in [-0.05, 0) is 108 Å². The van der Waals surface area contributed by atoms with Gasteiger partial charge in [0, 0.05) is 62.4 Å². The van der Waals surface area contributed by atoms with E-state index in [9.17, 15) is 19.2 Å². The summed E-state index contributed by atoms with van der Waals surface area (Å²) in [6.07, 6.45) is 9.80. The van der Waals surface area contributed by atoms with Crippen LogP contribution in [0.15, 0.2) is 78.1 Å². The van der Waals surface area contributed by atoms with Crippen LogP contribution >= 0.6 is 0 Å². The summed E-state index contributed by atoms with van der Waals surface area (Å²) in [5.74, 6) is 1.49. The van der Waals surface area contributed by atoms with E-state index in [2.05, 4.69) is 76.3 Å². The van der Waals surface area contributed by atoms with E-state index in [4.69, 9.17) is 28.9 Å². The molecule has 3 N–H and O–H groups in total. The molecule has 6 fully saturated rings. The van der Waals surface area contributed by atoms with Crippen molar-refractivity contribution in [2.24, 2.45) is 28.7 Å². The van der Waals surface area contributed by atoms with Crippen LogP contribution in [0.25, 0.3) is 38.7 Å². The Morgan fingerprint density at radius 1 is 0.682 bits per heavy atom. The number of hydrogen-bond acceptors (Lipinski definition) is 10. The smallest absolute Gasteiger partial charge is 0.407 e. The van der Waals surface area contributed by atoms with E-state index in [0.717, 1.165) is 81.5 Å². The number of ether oxygens (including phenoxy) is 4. The number of methoxy groups -OCH3 is 2. The number of carbonyl (C=O) groups excluding carboxylic acids is 4. The monoisotopic (exact) mass is 895 g/mol. The SMILES string of the molecule is COC(=O)N[C@H](C(=O)N1[C@@H]2C[C@@H]2C[C@H]1C1=NC=C(c2ccc(-c3cccc4c(-c5cnc([C@@H]6C[C@H]7C[C@H]7N6C(=O)[C@@H](NC(=O)OC)C6CCOCC6)[nH]5)cccc34)cc2)C1)C1CCOCC1. The largest absolute Gasteiger partial charge is 0.453 e. The maximum atomic E-state index is 14.4. The third-order valence-corrected chi connectivity index (χ3v) is 15.5. The van der Waals surface area contributed by atoms with Gasteiger partial charge in [0.1, 0.15) is 17.9 Å². The minimum atomic E-state index is -0.686. The van der Waals surface area contributed by atoms with Crippen molar-refractivity contribution < 1.29 is 38.1 Å². The zero-order valence-electron chi connectivity index (χ0n) is 37.4. The number of aromatic amines is 1. The number of aliphatic imine (C=N–C) groups is 1. The van der Waals surface area contributed by atoms with Gasteiger partial charge in [-0.3, -0.25) is 14.6 Å². The van der Waals surface area contributed by atoms with E-state index in [1.807, 2.05) is 22.2 Å². The molecule has 15 heteroatoms. The number of amides is 4. The van der Waals surface area contributed by atoms with E-state index in [-0.39, 0.29) is 47.8 Å². The highest BCUT2D eigenvalue weighted by Gasteiger charge is 2.58. The van der Waals surface area contributed by atoms with Gasteiger partial charge in [0.2, 0.25) is 11.8 Å². The van der Waals surface area contributed by atoms with Gasteiger partial charge in [-0.25, -0.2) is 14.6 Å². The first kappa shape index (κ1) is 42.6. The van der Waals surface area contributed by atoms with Crippen molar-refractivity contribution in [2.45, 2.75) is 94.0 Å². The number of likely N-dealkylation sites (tertiary alicyclic amines) is 2. The highest BCUT2D eigenvalue weighted by Crippen LogP contribution is 2.54. The topological polar surface area (TPSA) is 177 Å². The van der Waals surface area contributed by atoms with Crippen LogP contribution in [0.5, 0.6) is 0 Å². The fraction of sp³-hybridized carbons (Fsp3) is 0.490. The van der Waals surface area contributed by atoms with E-state index in [0.29, 0.717) is 70.4 Å². The van der Waals surface area contributed by atoms with Crippen LogP contribution in [0.1, 0.15) is 75.2 Å². The number of imidazole rings is 1. The molecule has 0 radical (unpaired) electrons. The molecule has 0 bridgehead atoms. The molecule has 8 atom stereocenters. The van der Waals surface area contributed by atoms with Crippen molar-refractivity contribution in [3.05, 3.63) is 84.4 Å². The Hall–Kier alpha value is -6.06. The number of hydrogen-bond donors (Lipinski definition) is 3. The van der Waals surface area contributed by atoms with Gasteiger partial charge in [-0.15, -0.1) is 0 Å². The number of H-pyrrole nitrogens is 1. The lowest BCUT2D eigenvalue weighted by molar-refractivity contribution is -0.138. The lowest BCUT2D eigenvalue weighted by Crippen LogP contribution is -2.56. The van der Waals surface area contributed by atoms with Crippen molar-refractivity contribution in [3.8, 4) is 22.4 Å². The van der Waals surface area contributed by atoms with Crippen molar-refractivity contribution in [1.29, 1.82) is 0 Å². The fourth-order valence-electron chi connectivity index (χ4n) is 11.8. The molecule has 3 aromatic carbocycles. The molecule has 66 heavy (non-hydrogen) atoms. The Labute approximate surface area is 383 Å². The van der Waals surface area contributed by atoms with Gasteiger partial charge < -0.3 is 44.4 Å². The predicted molar refractivity (Wildman–Crippen MR) is 246 cm³/mol. The molecule has 2 aliphatic carbocycles. The molecular weight excluding hydrogens is 839 g/mol. The zero-order chi connectivity index (χ0) is 45.1. The summed E-state index contributed by atoms with van der Waals surface area (Å²) in [5.41, 5.74) is 7.32. The Kier molecular flexibility index (Phi) is 11.4. The molecule has 4 aromatic rings. The first-order chi connectivity index (χ1) is 32.3. The Morgan fingerprint density at radius 2 is 1.21 bits per heavy atom. The third kappa shape index (κ3) is 7.93. The molecule has 2 saturated carbocycles. The molecule has 0 unspecified atom stereocenters. The van der Waals surface area contributed by atoms with E-state index in [1.165, 1.54) is 14.2 Å². The first-order valence-corrected chi connectivity index (χ1v) is 23.7. The lowest BCUT2D eigenvalue weighted by atomic mass is 9.90. The molecule has 5 aliphatic heterocycles. The highest BCUT2D eigenvalue weighted by atomic mass is 16.5. The number of carbonyl (C=O) groups is 4. The van der Waals surface area contributed by atoms with Crippen molar-refractivity contribution in [2.75, 3.05) is 40.6 Å². The highest BCUT2D eigenvalue weighted by molar-refractivity contribution is 6.06. The quantitative estimate of drug-likeness (QED) is 0.143. The third-order valence-electron chi connectivity index (χ3n) is 15.5. The number of aromatic nitrogens is 2. The van der Waals surface area contributed by atoms with Crippen LogP contribution in [0.3, 0.4) is 0 Å². The molecular formula is C51H57N7O8. The summed E-state index contributed by atoms with van der Waals surface area (Å²) >= 11 is 0. The number of nitrogens with one attached hydrogen (secondary N) is 3. The molecule has 0 spiro atoms. The van der Waals surface area contributed by atoms with Gasteiger partial charge in [0.25, 0.3) is 0 Å². The Morgan fingerprint density at radius 3 is 1.80 bits per heavy atom. The van der Waals surface area contributed by atoms with Crippen molar-refractivity contribution in [1.82, 2.24) is 30.4 Å². The van der Waals surface area contributed by atoms with Gasteiger partial charge in [-0.2, -0.15) is 0 Å². The number of benzene rings is 3. The standard InChI is InChI=1S/C51H57N7O8/c1-63-50(61)55-45(30-13-17-65-18-14-30)48(59)57-41-22-32(41)24-43(57)39-21-34(26-52-39)28-9-11-29(12-10-28)35-5-3-7-37-36(35)6-4-8-38(37)40-27-53-47(54-40)44-25-33-23-42(33)58(44)49(60)46(56-51(62)64-2)31-15-19-66-20-16-31/h3-12,26-27,30-33,41-46H,13-25H2,1-2H3,(H,53,54)(H,55,61)(H,56,62)/t32-,33-,41-,42-,43+,44+,45+,46+/m1/s1. The fourth-order valence-corrected chi connectivity index (χ4v) is 11.8. The summed E-state index contributed by atoms with van der Waals surface area (Å²) < 4.78 is 21.0. The minimum absolute atomic E-state index is 0.00830. The van der Waals surface area contributed by atoms with Gasteiger partial charge >= 0.3 is 12.2 Å². The molecule has 11 rings (SSSR count). The number of alkyl carbamates (subject to hydrolysis) is 2. The Bertz CT molecular complexity index is 2600. The Balaban J connectivity index is 0.790. The normalized spacial score (nSPS) is 26.8. The van der Waals surface area contributed by atoms with Crippen LogP contribution < -0.4 is 10.6 Å².